The smallest absolute Gasteiger partial charge is 0.319 e. The SMILES string of the molecule is CC(C)(Sc1nc(CCOc2ccc(C(=O)NCc3ccccc3)cc2)cs1)C(=O)O. The predicted octanol–water partition coefficient (Wildman–Crippen LogP) is 4.65. The molecule has 31 heavy (non-hydrogen) atoms. The number of carbonyl (C=O) groups excluding carboxylic acids is 1. The summed E-state index contributed by atoms with van der Waals surface area (Å²) in [7, 11) is 0. The second-order valence-corrected chi connectivity index (χ2v) is 10.0. The van der Waals surface area contributed by atoms with Crippen LogP contribution in [0.5, 0.6) is 5.75 Å². The van der Waals surface area contributed by atoms with Crippen LogP contribution in [0.15, 0.2) is 64.3 Å². The summed E-state index contributed by atoms with van der Waals surface area (Å²) in [5.41, 5.74) is 2.49. The molecule has 2 aromatic carbocycles. The molecular formula is C23H24N2O4S2. The Balaban J connectivity index is 1.44. The maximum Gasteiger partial charge on any atom is 0.319 e. The van der Waals surface area contributed by atoms with Gasteiger partial charge in [0.15, 0.2) is 4.34 Å². The van der Waals surface area contributed by atoms with Crippen molar-refractivity contribution in [1.29, 1.82) is 0 Å². The van der Waals surface area contributed by atoms with Crippen LogP contribution in [0.25, 0.3) is 0 Å². The highest BCUT2D eigenvalue weighted by atomic mass is 32.2. The summed E-state index contributed by atoms with van der Waals surface area (Å²) in [5, 5.41) is 14.0. The maximum atomic E-state index is 12.3. The zero-order valence-corrected chi connectivity index (χ0v) is 19.0. The van der Waals surface area contributed by atoms with E-state index < -0.39 is 10.7 Å². The summed E-state index contributed by atoms with van der Waals surface area (Å²) in [6.45, 7) is 4.25. The molecule has 0 saturated heterocycles. The van der Waals surface area contributed by atoms with Gasteiger partial charge >= 0.3 is 5.97 Å². The van der Waals surface area contributed by atoms with Gasteiger partial charge in [-0.05, 0) is 43.7 Å². The largest absolute Gasteiger partial charge is 0.493 e. The molecule has 0 spiro atoms. The Bertz CT molecular complexity index is 1020. The molecule has 0 bridgehead atoms. The van der Waals surface area contributed by atoms with E-state index in [4.69, 9.17) is 4.74 Å². The molecule has 1 amide bonds. The number of thioether (sulfide) groups is 1. The van der Waals surface area contributed by atoms with Gasteiger partial charge in [-0.1, -0.05) is 42.1 Å². The number of hydrogen-bond acceptors (Lipinski definition) is 6. The lowest BCUT2D eigenvalue weighted by molar-refractivity contribution is -0.138. The number of carboxylic acids is 1. The number of rotatable bonds is 10. The number of amides is 1. The summed E-state index contributed by atoms with van der Waals surface area (Å²) in [5.74, 6) is -0.321. The van der Waals surface area contributed by atoms with Crippen molar-refractivity contribution in [2.75, 3.05) is 6.61 Å². The van der Waals surface area contributed by atoms with Crippen molar-refractivity contribution < 1.29 is 19.4 Å². The van der Waals surface area contributed by atoms with Gasteiger partial charge in [-0.15, -0.1) is 11.3 Å². The van der Waals surface area contributed by atoms with Gasteiger partial charge in [-0.2, -0.15) is 0 Å². The van der Waals surface area contributed by atoms with E-state index in [1.165, 1.54) is 23.1 Å². The first kappa shape index (κ1) is 22.8. The van der Waals surface area contributed by atoms with Gasteiger partial charge < -0.3 is 15.2 Å². The van der Waals surface area contributed by atoms with Crippen molar-refractivity contribution in [2.45, 2.75) is 35.9 Å². The summed E-state index contributed by atoms with van der Waals surface area (Å²) in [6.07, 6.45) is 0.615. The van der Waals surface area contributed by atoms with Crippen molar-refractivity contribution in [2.24, 2.45) is 0 Å². The molecule has 1 heterocycles. The van der Waals surface area contributed by atoms with Crippen LogP contribution in [0.1, 0.15) is 35.5 Å². The molecule has 8 heteroatoms. The number of thiazole rings is 1. The van der Waals surface area contributed by atoms with Crippen LogP contribution in [-0.2, 0) is 17.8 Å². The van der Waals surface area contributed by atoms with E-state index >= 15 is 0 Å². The first-order valence-electron chi connectivity index (χ1n) is 9.75. The van der Waals surface area contributed by atoms with Crippen molar-refractivity contribution in [3.63, 3.8) is 0 Å². The van der Waals surface area contributed by atoms with Crippen LogP contribution in [0, 0.1) is 0 Å². The minimum absolute atomic E-state index is 0.132. The quantitative estimate of drug-likeness (QED) is 0.432. The number of aliphatic carboxylic acids is 1. The average molecular weight is 457 g/mol. The van der Waals surface area contributed by atoms with E-state index in [1.54, 1.807) is 38.1 Å². The minimum atomic E-state index is -0.916. The highest BCUT2D eigenvalue weighted by Gasteiger charge is 2.29. The monoisotopic (exact) mass is 456 g/mol. The molecule has 2 N–H and O–H groups in total. The highest BCUT2D eigenvalue weighted by molar-refractivity contribution is 8.02. The molecule has 0 radical (unpaired) electrons. The molecule has 6 nitrogen and oxygen atoms in total. The Morgan fingerprint density at radius 3 is 2.52 bits per heavy atom. The van der Waals surface area contributed by atoms with E-state index in [9.17, 15) is 14.7 Å². The number of carbonyl (C=O) groups is 2. The van der Waals surface area contributed by atoms with E-state index in [0.29, 0.717) is 30.9 Å². The number of benzene rings is 2. The van der Waals surface area contributed by atoms with Gasteiger partial charge in [0.05, 0.1) is 12.3 Å². The van der Waals surface area contributed by atoms with Crippen LogP contribution < -0.4 is 10.1 Å². The molecule has 0 atom stereocenters. The van der Waals surface area contributed by atoms with Crippen LogP contribution in [0.3, 0.4) is 0 Å². The maximum absolute atomic E-state index is 12.3. The fraction of sp³-hybridized carbons (Fsp3) is 0.261. The van der Waals surface area contributed by atoms with E-state index in [1.807, 2.05) is 35.7 Å². The number of nitrogens with one attached hydrogen (secondary N) is 1. The van der Waals surface area contributed by atoms with Gasteiger partial charge in [-0.25, -0.2) is 4.98 Å². The van der Waals surface area contributed by atoms with Crippen molar-refractivity contribution in [3.05, 3.63) is 76.8 Å². The van der Waals surface area contributed by atoms with Crippen molar-refractivity contribution in [1.82, 2.24) is 10.3 Å². The zero-order valence-electron chi connectivity index (χ0n) is 17.3. The van der Waals surface area contributed by atoms with Crippen LogP contribution >= 0.6 is 23.1 Å². The minimum Gasteiger partial charge on any atom is -0.493 e. The summed E-state index contributed by atoms with van der Waals surface area (Å²) >= 11 is 2.68. The molecule has 0 aliphatic heterocycles. The summed E-state index contributed by atoms with van der Waals surface area (Å²) < 4.78 is 5.57. The fourth-order valence-electron chi connectivity index (χ4n) is 2.57. The van der Waals surface area contributed by atoms with E-state index in [0.717, 1.165) is 15.6 Å². The first-order chi connectivity index (χ1) is 14.8. The molecule has 162 valence electrons. The third-order valence-corrected chi connectivity index (χ3v) is 6.60. The number of hydrogen-bond donors (Lipinski definition) is 2. The van der Waals surface area contributed by atoms with Gasteiger partial charge in [0.1, 0.15) is 10.5 Å². The Kier molecular flexibility index (Phi) is 7.70. The highest BCUT2D eigenvalue weighted by Crippen LogP contribution is 2.34. The van der Waals surface area contributed by atoms with E-state index in [-0.39, 0.29) is 5.91 Å². The van der Waals surface area contributed by atoms with E-state index in [2.05, 4.69) is 10.3 Å². The second kappa shape index (κ2) is 10.5. The zero-order chi connectivity index (χ0) is 22.3. The third-order valence-electron chi connectivity index (χ3n) is 4.43. The van der Waals surface area contributed by atoms with Gasteiger partial charge in [0.25, 0.3) is 5.91 Å². The van der Waals surface area contributed by atoms with Gasteiger partial charge in [0.2, 0.25) is 0 Å². The summed E-state index contributed by atoms with van der Waals surface area (Å²) in [6, 6.07) is 16.8. The van der Waals surface area contributed by atoms with Gasteiger partial charge in [0, 0.05) is 23.9 Å². The lowest BCUT2D eigenvalue weighted by atomic mass is 10.2. The lowest BCUT2D eigenvalue weighted by Crippen LogP contribution is -2.26. The topological polar surface area (TPSA) is 88.5 Å². The number of carboxylic acid groups (broad SMARTS) is 1. The molecule has 3 aromatic rings. The predicted molar refractivity (Wildman–Crippen MR) is 123 cm³/mol. The number of aromatic nitrogens is 1. The Morgan fingerprint density at radius 2 is 1.84 bits per heavy atom. The lowest BCUT2D eigenvalue weighted by Gasteiger charge is -2.15. The molecule has 0 aliphatic rings. The average Bonchev–Trinajstić information content (AvgIpc) is 3.19. The van der Waals surface area contributed by atoms with Crippen molar-refractivity contribution in [3.8, 4) is 5.75 Å². The van der Waals surface area contributed by atoms with Gasteiger partial charge in [-0.3, -0.25) is 9.59 Å². The molecule has 0 aliphatic carbocycles. The summed E-state index contributed by atoms with van der Waals surface area (Å²) in [4.78, 5) is 28.0. The second-order valence-electron chi connectivity index (χ2n) is 7.31. The standard InChI is InChI=1S/C23H24N2O4S2/c1-23(2,21(27)28)31-22-25-18(15-30-22)12-13-29-19-10-8-17(9-11-19)20(26)24-14-16-6-4-3-5-7-16/h3-11,15H,12-14H2,1-2H3,(H,24,26)(H,27,28). The molecule has 1 aromatic heterocycles. The molecule has 0 fully saturated rings. The Hall–Kier alpha value is -2.84. The molecule has 3 rings (SSSR count). The Labute approximate surface area is 189 Å². The van der Waals surface area contributed by atoms with Crippen LogP contribution in [-0.4, -0.2) is 33.3 Å². The van der Waals surface area contributed by atoms with Crippen LogP contribution in [0.4, 0.5) is 0 Å². The van der Waals surface area contributed by atoms with Crippen molar-refractivity contribution >= 4 is 35.0 Å². The fourth-order valence-corrected chi connectivity index (χ4v) is 4.79. The molecule has 0 saturated carbocycles. The number of ether oxygens (including phenoxy) is 1. The Morgan fingerprint density at radius 1 is 1.13 bits per heavy atom. The molecular weight excluding hydrogens is 432 g/mol. The third kappa shape index (κ3) is 6.83. The number of nitrogens with zero attached hydrogens (tertiary/aromatic N) is 1. The molecule has 0 unspecified atom stereocenters. The van der Waals surface area contributed by atoms with Crippen LogP contribution in [0.2, 0.25) is 0 Å². The normalized spacial score (nSPS) is 11.2. The first-order valence-corrected chi connectivity index (χ1v) is 11.4.